The summed E-state index contributed by atoms with van der Waals surface area (Å²) in [4.78, 5) is 28.8. The van der Waals surface area contributed by atoms with Crippen molar-refractivity contribution in [2.45, 2.75) is 44.2 Å². The van der Waals surface area contributed by atoms with E-state index in [1.54, 1.807) is 0 Å². The average molecular weight is 357 g/mol. The van der Waals surface area contributed by atoms with Crippen molar-refractivity contribution in [3.8, 4) is 0 Å². The lowest BCUT2D eigenvalue weighted by Gasteiger charge is -2.34. The van der Waals surface area contributed by atoms with E-state index in [1.165, 1.54) is 16.0 Å². The fourth-order valence-corrected chi connectivity index (χ4v) is 4.48. The molecule has 1 saturated carbocycles. The summed E-state index contributed by atoms with van der Waals surface area (Å²) in [5.74, 6) is -0.0243. The van der Waals surface area contributed by atoms with Gasteiger partial charge in [0, 0.05) is 26.2 Å². The number of ether oxygens (including phenoxy) is 1. The van der Waals surface area contributed by atoms with Crippen LogP contribution in [-0.2, 0) is 9.53 Å². The Bertz CT molecular complexity index is 699. The summed E-state index contributed by atoms with van der Waals surface area (Å²) >= 11 is 0. The standard InChI is InChI=1S/C20H27N3O3/c1-15-6-2-3-7-16(15)17-14-22(12-13-26-17)10-11-23-18(24)20(21-19(23)25)8-4-5-9-20/h2-3,6-7,17H,4-5,8-14H2,1H3,(H,21,25). The number of amides is 3. The molecule has 1 aliphatic carbocycles. The molecular weight excluding hydrogens is 330 g/mol. The molecule has 1 aromatic rings. The molecule has 1 atom stereocenters. The van der Waals surface area contributed by atoms with Gasteiger partial charge in [-0.2, -0.15) is 0 Å². The first-order valence-electron chi connectivity index (χ1n) is 9.63. The molecule has 0 bridgehead atoms. The van der Waals surface area contributed by atoms with Crippen LogP contribution in [0.25, 0.3) is 0 Å². The van der Waals surface area contributed by atoms with Crippen LogP contribution in [0.3, 0.4) is 0 Å². The highest BCUT2D eigenvalue weighted by Gasteiger charge is 2.52. The molecule has 1 unspecified atom stereocenters. The third-order valence-corrected chi connectivity index (χ3v) is 6.03. The number of nitrogens with one attached hydrogen (secondary N) is 1. The Morgan fingerprint density at radius 2 is 1.96 bits per heavy atom. The summed E-state index contributed by atoms with van der Waals surface area (Å²) in [6.45, 7) is 5.54. The molecule has 3 fully saturated rings. The van der Waals surface area contributed by atoms with Gasteiger partial charge >= 0.3 is 6.03 Å². The lowest BCUT2D eigenvalue weighted by molar-refractivity contribution is -0.131. The molecule has 1 spiro atoms. The molecule has 6 nitrogen and oxygen atoms in total. The first-order valence-corrected chi connectivity index (χ1v) is 9.63. The summed E-state index contributed by atoms with van der Waals surface area (Å²) < 4.78 is 5.96. The van der Waals surface area contributed by atoms with Gasteiger partial charge in [-0.25, -0.2) is 4.79 Å². The lowest BCUT2D eigenvalue weighted by atomic mass is 9.98. The Kier molecular flexibility index (Phi) is 4.71. The largest absolute Gasteiger partial charge is 0.371 e. The molecular formula is C20H27N3O3. The summed E-state index contributed by atoms with van der Waals surface area (Å²) in [5.41, 5.74) is 1.85. The van der Waals surface area contributed by atoms with Gasteiger partial charge < -0.3 is 10.1 Å². The number of hydrogen-bond acceptors (Lipinski definition) is 4. The van der Waals surface area contributed by atoms with Crippen molar-refractivity contribution in [3.63, 3.8) is 0 Å². The van der Waals surface area contributed by atoms with Crippen LogP contribution in [0.5, 0.6) is 0 Å². The fraction of sp³-hybridized carbons (Fsp3) is 0.600. The SMILES string of the molecule is Cc1ccccc1C1CN(CCN2C(=O)NC3(CCCC3)C2=O)CCO1. The first-order chi connectivity index (χ1) is 12.6. The molecule has 26 heavy (non-hydrogen) atoms. The minimum Gasteiger partial charge on any atom is -0.371 e. The Morgan fingerprint density at radius 3 is 2.73 bits per heavy atom. The van der Waals surface area contributed by atoms with E-state index < -0.39 is 5.54 Å². The first kappa shape index (κ1) is 17.5. The highest BCUT2D eigenvalue weighted by molar-refractivity contribution is 6.07. The molecule has 2 saturated heterocycles. The van der Waals surface area contributed by atoms with E-state index in [1.807, 2.05) is 12.1 Å². The molecule has 2 aliphatic heterocycles. The summed E-state index contributed by atoms with van der Waals surface area (Å²) in [6, 6.07) is 8.08. The minimum atomic E-state index is -0.605. The Hall–Kier alpha value is -1.92. The highest BCUT2D eigenvalue weighted by Crippen LogP contribution is 2.35. The topological polar surface area (TPSA) is 61.9 Å². The zero-order valence-corrected chi connectivity index (χ0v) is 15.4. The number of aryl methyl sites for hydroxylation is 1. The third kappa shape index (κ3) is 3.12. The van der Waals surface area contributed by atoms with Crippen LogP contribution in [0.4, 0.5) is 4.79 Å². The Morgan fingerprint density at radius 1 is 1.19 bits per heavy atom. The van der Waals surface area contributed by atoms with E-state index in [-0.39, 0.29) is 18.0 Å². The van der Waals surface area contributed by atoms with Gasteiger partial charge in [0.1, 0.15) is 5.54 Å². The van der Waals surface area contributed by atoms with Crippen molar-refractivity contribution in [3.05, 3.63) is 35.4 Å². The summed E-state index contributed by atoms with van der Waals surface area (Å²) in [7, 11) is 0. The highest BCUT2D eigenvalue weighted by atomic mass is 16.5. The quantitative estimate of drug-likeness (QED) is 0.840. The Labute approximate surface area is 154 Å². The predicted octanol–water partition coefficient (Wildman–Crippen LogP) is 2.23. The fourth-order valence-electron chi connectivity index (χ4n) is 4.48. The van der Waals surface area contributed by atoms with Crippen LogP contribution in [0.2, 0.25) is 0 Å². The van der Waals surface area contributed by atoms with Crippen LogP contribution in [-0.4, -0.2) is 60.1 Å². The summed E-state index contributed by atoms with van der Waals surface area (Å²) in [6.07, 6.45) is 3.64. The zero-order valence-electron chi connectivity index (χ0n) is 15.4. The van der Waals surface area contributed by atoms with Crippen LogP contribution in [0, 0.1) is 6.92 Å². The van der Waals surface area contributed by atoms with Crippen molar-refractivity contribution in [1.29, 1.82) is 0 Å². The number of carbonyl (C=O) groups is 2. The molecule has 1 N–H and O–H groups in total. The number of nitrogens with zero attached hydrogens (tertiary/aromatic N) is 2. The molecule has 140 valence electrons. The molecule has 0 aromatic heterocycles. The third-order valence-electron chi connectivity index (χ3n) is 6.03. The smallest absolute Gasteiger partial charge is 0.325 e. The van der Waals surface area contributed by atoms with Gasteiger partial charge in [0.25, 0.3) is 5.91 Å². The maximum atomic E-state index is 12.7. The van der Waals surface area contributed by atoms with Crippen LogP contribution in [0.15, 0.2) is 24.3 Å². The number of carbonyl (C=O) groups excluding carboxylic acids is 2. The number of imide groups is 1. The second-order valence-electron chi connectivity index (χ2n) is 7.69. The van der Waals surface area contributed by atoms with Gasteiger partial charge in [0.15, 0.2) is 0 Å². The van der Waals surface area contributed by atoms with Gasteiger partial charge in [-0.15, -0.1) is 0 Å². The molecule has 0 radical (unpaired) electrons. The van der Waals surface area contributed by atoms with Crippen molar-refractivity contribution < 1.29 is 14.3 Å². The van der Waals surface area contributed by atoms with E-state index in [2.05, 4.69) is 29.3 Å². The molecule has 3 amide bonds. The minimum absolute atomic E-state index is 0.0243. The molecule has 1 aromatic carbocycles. The van der Waals surface area contributed by atoms with Gasteiger partial charge in [0.05, 0.1) is 12.7 Å². The van der Waals surface area contributed by atoms with E-state index in [4.69, 9.17) is 4.74 Å². The molecule has 6 heteroatoms. The van der Waals surface area contributed by atoms with Crippen molar-refractivity contribution >= 4 is 11.9 Å². The number of rotatable bonds is 4. The second kappa shape index (κ2) is 7.00. The number of hydrogen-bond donors (Lipinski definition) is 1. The molecule has 2 heterocycles. The van der Waals surface area contributed by atoms with E-state index in [0.717, 1.165) is 38.8 Å². The predicted molar refractivity (Wildman–Crippen MR) is 97.8 cm³/mol. The monoisotopic (exact) mass is 357 g/mol. The van der Waals surface area contributed by atoms with Gasteiger partial charge in [-0.3, -0.25) is 14.6 Å². The molecule has 3 aliphatic rings. The van der Waals surface area contributed by atoms with Crippen LogP contribution >= 0.6 is 0 Å². The number of benzene rings is 1. The second-order valence-corrected chi connectivity index (χ2v) is 7.69. The zero-order chi connectivity index (χ0) is 18.1. The van der Waals surface area contributed by atoms with Crippen molar-refractivity contribution in [2.75, 3.05) is 32.8 Å². The van der Waals surface area contributed by atoms with Gasteiger partial charge in [0.2, 0.25) is 0 Å². The lowest BCUT2D eigenvalue weighted by Crippen LogP contribution is -2.46. The molecule has 4 rings (SSSR count). The maximum Gasteiger partial charge on any atom is 0.325 e. The van der Waals surface area contributed by atoms with Gasteiger partial charge in [-0.1, -0.05) is 37.1 Å². The summed E-state index contributed by atoms with van der Waals surface area (Å²) in [5, 5.41) is 2.95. The van der Waals surface area contributed by atoms with Crippen LogP contribution in [0.1, 0.15) is 42.9 Å². The van der Waals surface area contributed by atoms with E-state index in [9.17, 15) is 9.59 Å². The van der Waals surface area contributed by atoms with E-state index >= 15 is 0 Å². The van der Waals surface area contributed by atoms with E-state index in [0.29, 0.717) is 19.7 Å². The number of morpholine rings is 1. The van der Waals surface area contributed by atoms with Crippen molar-refractivity contribution in [2.24, 2.45) is 0 Å². The van der Waals surface area contributed by atoms with Crippen LogP contribution < -0.4 is 5.32 Å². The van der Waals surface area contributed by atoms with Gasteiger partial charge in [-0.05, 0) is 30.9 Å². The normalized spacial score (nSPS) is 25.9. The van der Waals surface area contributed by atoms with Crippen molar-refractivity contribution in [1.82, 2.24) is 15.1 Å². The maximum absolute atomic E-state index is 12.7. The average Bonchev–Trinajstić information content (AvgIpc) is 3.20. The Balaban J connectivity index is 1.37. The number of urea groups is 1.